The van der Waals surface area contributed by atoms with E-state index in [1.807, 2.05) is 13.8 Å². The van der Waals surface area contributed by atoms with Gasteiger partial charge in [0, 0.05) is 7.05 Å². The van der Waals surface area contributed by atoms with E-state index in [0.29, 0.717) is 5.82 Å². The van der Waals surface area contributed by atoms with Crippen molar-refractivity contribution in [1.29, 1.82) is 0 Å². The molecule has 1 amide bonds. The molecule has 1 unspecified atom stereocenters. The number of nitrogens with zero attached hydrogens (tertiary/aromatic N) is 4. The first kappa shape index (κ1) is 15.1. The van der Waals surface area contributed by atoms with Gasteiger partial charge in [0.1, 0.15) is 11.9 Å². The van der Waals surface area contributed by atoms with Crippen molar-refractivity contribution in [2.24, 2.45) is 5.92 Å². The van der Waals surface area contributed by atoms with E-state index in [-0.39, 0.29) is 17.5 Å². The number of fused-ring (bicyclic) bond motifs is 1. The summed E-state index contributed by atoms with van der Waals surface area (Å²) in [7, 11) is 1.53. The highest BCUT2D eigenvalue weighted by molar-refractivity contribution is 5.84. The molecule has 0 aromatic carbocycles. The molecule has 2 aromatic rings. The van der Waals surface area contributed by atoms with Gasteiger partial charge in [0.25, 0.3) is 6.43 Å². The van der Waals surface area contributed by atoms with Gasteiger partial charge in [-0.3, -0.25) is 4.79 Å². The highest BCUT2D eigenvalue weighted by Gasteiger charge is 2.22. The zero-order valence-electron chi connectivity index (χ0n) is 11.8. The third-order valence-electron chi connectivity index (χ3n) is 2.98. The van der Waals surface area contributed by atoms with Crippen LogP contribution in [0.3, 0.4) is 0 Å². The molecular formula is C12H16F2N6O. The highest BCUT2D eigenvalue weighted by Crippen LogP contribution is 2.18. The van der Waals surface area contributed by atoms with E-state index in [2.05, 4.69) is 25.9 Å². The third-order valence-corrected chi connectivity index (χ3v) is 2.98. The van der Waals surface area contributed by atoms with E-state index < -0.39 is 18.3 Å². The van der Waals surface area contributed by atoms with Gasteiger partial charge >= 0.3 is 0 Å². The van der Waals surface area contributed by atoms with Crippen LogP contribution < -0.4 is 10.6 Å². The van der Waals surface area contributed by atoms with Gasteiger partial charge in [0.15, 0.2) is 5.65 Å². The molecule has 114 valence electrons. The molecule has 2 aromatic heterocycles. The maximum absolute atomic E-state index is 12.8. The fourth-order valence-corrected chi connectivity index (χ4v) is 1.87. The summed E-state index contributed by atoms with van der Waals surface area (Å²) in [6.45, 7) is 3.74. The minimum absolute atomic E-state index is 0.00192. The van der Waals surface area contributed by atoms with E-state index in [1.54, 1.807) is 6.07 Å². The van der Waals surface area contributed by atoms with Crippen molar-refractivity contribution in [3.8, 4) is 0 Å². The van der Waals surface area contributed by atoms with Gasteiger partial charge in [-0.15, -0.1) is 15.3 Å². The maximum Gasteiger partial charge on any atom is 0.299 e. The van der Waals surface area contributed by atoms with Crippen LogP contribution in [0, 0.1) is 5.92 Å². The van der Waals surface area contributed by atoms with Gasteiger partial charge in [0.2, 0.25) is 11.7 Å². The van der Waals surface area contributed by atoms with Gasteiger partial charge in [0.05, 0.1) is 0 Å². The number of hydrogen-bond donors (Lipinski definition) is 2. The third kappa shape index (κ3) is 3.06. The van der Waals surface area contributed by atoms with Crippen molar-refractivity contribution < 1.29 is 13.6 Å². The van der Waals surface area contributed by atoms with Gasteiger partial charge in [-0.05, 0) is 18.1 Å². The van der Waals surface area contributed by atoms with Gasteiger partial charge in [-0.25, -0.2) is 8.78 Å². The second kappa shape index (κ2) is 5.98. The smallest absolute Gasteiger partial charge is 0.299 e. The van der Waals surface area contributed by atoms with E-state index in [1.165, 1.54) is 13.1 Å². The molecular weight excluding hydrogens is 282 g/mol. The minimum Gasteiger partial charge on any atom is -0.357 e. The molecule has 0 radical (unpaired) electrons. The quantitative estimate of drug-likeness (QED) is 0.867. The summed E-state index contributed by atoms with van der Waals surface area (Å²) >= 11 is 0. The largest absolute Gasteiger partial charge is 0.357 e. The van der Waals surface area contributed by atoms with E-state index >= 15 is 0 Å². The molecule has 9 heteroatoms. The van der Waals surface area contributed by atoms with Crippen LogP contribution in [0.15, 0.2) is 12.1 Å². The van der Waals surface area contributed by atoms with Gasteiger partial charge < -0.3 is 10.6 Å². The highest BCUT2D eigenvalue weighted by atomic mass is 19.3. The second-order valence-corrected chi connectivity index (χ2v) is 4.83. The lowest BCUT2D eigenvalue weighted by atomic mass is 10.0. The summed E-state index contributed by atoms with van der Waals surface area (Å²) in [4.78, 5) is 11.8. The number of alkyl halides is 2. The van der Waals surface area contributed by atoms with Crippen LogP contribution in [0.4, 0.5) is 14.6 Å². The van der Waals surface area contributed by atoms with Crippen LogP contribution in [0.5, 0.6) is 0 Å². The molecule has 2 N–H and O–H groups in total. The summed E-state index contributed by atoms with van der Waals surface area (Å²) in [5, 5.41) is 16.5. The van der Waals surface area contributed by atoms with Crippen LogP contribution in [-0.2, 0) is 4.79 Å². The summed E-state index contributed by atoms with van der Waals surface area (Å²) < 4.78 is 26.5. The van der Waals surface area contributed by atoms with E-state index in [4.69, 9.17) is 0 Å². The Labute approximate surface area is 119 Å². The first-order chi connectivity index (χ1) is 9.93. The molecule has 0 aliphatic heterocycles. The molecule has 0 saturated carbocycles. The summed E-state index contributed by atoms with van der Waals surface area (Å²) in [5.74, 6) is -0.441. The molecule has 0 aliphatic carbocycles. The second-order valence-electron chi connectivity index (χ2n) is 4.83. The SMILES string of the molecule is CNC(=O)C(Nc1ccc2nnc(C(F)F)n2n1)C(C)C. The molecule has 2 rings (SSSR count). The van der Waals surface area contributed by atoms with Crippen molar-refractivity contribution >= 4 is 17.4 Å². The number of amides is 1. The molecule has 1 atom stereocenters. The number of hydrogen-bond acceptors (Lipinski definition) is 5. The zero-order valence-corrected chi connectivity index (χ0v) is 11.8. The van der Waals surface area contributed by atoms with E-state index in [9.17, 15) is 13.6 Å². The summed E-state index contributed by atoms with van der Waals surface area (Å²) in [6, 6.07) is 2.55. The topological polar surface area (TPSA) is 84.2 Å². The van der Waals surface area contributed by atoms with Crippen LogP contribution in [-0.4, -0.2) is 38.8 Å². The maximum atomic E-state index is 12.8. The lowest BCUT2D eigenvalue weighted by Crippen LogP contribution is -2.41. The Bertz CT molecular complexity index is 642. The molecule has 21 heavy (non-hydrogen) atoms. The molecule has 2 heterocycles. The van der Waals surface area contributed by atoms with Crippen molar-refractivity contribution in [1.82, 2.24) is 25.1 Å². The molecule has 0 fully saturated rings. The van der Waals surface area contributed by atoms with Crippen molar-refractivity contribution in [2.75, 3.05) is 12.4 Å². The number of aromatic nitrogens is 4. The normalized spacial score (nSPS) is 12.9. The fourth-order valence-electron chi connectivity index (χ4n) is 1.87. The summed E-state index contributed by atoms with van der Waals surface area (Å²) in [6.07, 6.45) is -2.78. The average Bonchev–Trinajstić information content (AvgIpc) is 2.86. The lowest BCUT2D eigenvalue weighted by molar-refractivity contribution is -0.122. The number of likely N-dealkylation sites (N-methyl/N-ethyl adjacent to an activating group) is 1. The zero-order chi connectivity index (χ0) is 15.6. The van der Waals surface area contributed by atoms with Crippen LogP contribution >= 0.6 is 0 Å². The number of halogens is 2. The number of carbonyl (C=O) groups is 1. The first-order valence-corrected chi connectivity index (χ1v) is 6.42. The monoisotopic (exact) mass is 298 g/mol. The van der Waals surface area contributed by atoms with Gasteiger partial charge in [-0.2, -0.15) is 4.52 Å². The van der Waals surface area contributed by atoms with Crippen molar-refractivity contribution in [2.45, 2.75) is 26.3 Å². The van der Waals surface area contributed by atoms with Crippen LogP contribution in [0.25, 0.3) is 5.65 Å². The Morgan fingerprint density at radius 3 is 2.57 bits per heavy atom. The van der Waals surface area contributed by atoms with Crippen molar-refractivity contribution in [3.05, 3.63) is 18.0 Å². The molecule has 0 saturated heterocycles. The summed E-state index contributed by atoms with van der Waals surface area (Å²) in [5.41, 5.74) is 0.219. The number of nitrogens with one attached hydrogen (secondary N) is 2. The number of carbonyl (C=O) groups excluding carboxylic acids is 1. The predicted molar refractivity (Wildman–Crippen MR) is 72.1 cm³/mol. The standard InChI is InChI=1S/C12H16F2N6O/c1-6(2)9(12(21)15-3)16-7-4-5-8-17-18-11(10(13)14)20(8)19-7/h4-6,9-10H,1-3H3,(H,15,21)(H,16,19). The number of anilines is 1. The Balaban J connectivity index is 2.33. The number of rotatable bonds is 5. The molecule has 0 aliphatic rings. The molecule has 0 bridgehead atoms. The Morgan fingerprint density at radius 1 is 1.29 bits per heavy atom. The molecule has 7 nitrogen and oxygen atoms in total. The predicted octanol–water partition coefficient (Wildman–Crippen LogP) is 1.24. The minimum atomic E-state index is -2.78. The van der Waals surface area contributed by atoms with Gasteiger partial charge in [-0.1, -0.05) is 13.8 Å². The van der Waals surface area contributed by atoms with Crippen LogP contribution in [0.1, 0.15) is 26.1 Å². The molecule has 0 spiro atoms. The Hall–Kier alpha value is -2.32. The lowest BCUT2D eigenvalue weighted by Gasteiger charge is -2.21. The Kier molecular flexibility index (Phi) is 4.29. The van der Waals surface area contributed by atoms with E-state index in [0.717, 1.165) is 4.52 Å². The first-order valence-electron chi connectivity index (χ1n) is 6.42. The Morgan fingerprint density at radius 2 is 2.00 bits per heavy atom. The average molecular weight is 298 g/mol. The fraction of sp³-hybridized carbons (Fsp3) is 0.500. The van der Waals surface area contributed by atoms with Crippen molar-refractivity contribution in [3.63, 3.8) is 0 Å². The van der Waals surface area contributed by atoms with Crippen LogP contribution in [0.2, 0.25) is 0 Å².